The van der Waals surface area contributed by atoms with Gasteiger partial charge in [-0.3, -0.25) is 9.69 Å². The summed E-state index contributed by atoms with van der Waals surface area (Å²) >= 11 is 12.1. The van der Waals surface area contributed by atoms with Crippen LogP contribution < -0.4 is 5.32 Å². The summed E-state index contributed by atoms with van der Waals surface area (Å²) in [6, 6.07) is 5.89. The standard InChI is InChI=1S/C24H31Cl2N5O3/c1-15-22(28-14-29-23(15)27-8-4-16-2-3-18(25)19(26)12-16)24(34)30-9-5-17(6-10-30)31-11-7-20(32)21(33)13-31/h2-3,12,14,17,20-21,32-33H,4-11,13H2,1H3,(H,27,28,29). The Balaban J connectivity index is 1.32. The molecule has 184 valence electrons. The third-order valence-corrected chi connectivity index (χ3v) is 7.56. The van der Waals surface area contributed by atoms with E-state index in [1.165, 1.54) is 6.33 Å². The van der Waals surface area contributed by atoms with Gasteiger partial charge in [0.15, 0.2) is 0 Å². The van der Waals surface area contributed by atoms with Crippen LogP contribution >= 0.6 is 23.2 Å². The number of nitrogens with one attached hydrogen (secondary N) is 1. The van der Waals surface area contributed by atoms with Gasteiger partial charge in [0.05, 0.1) is 22.3 Å². The molecule has 0 spiro atoms. The Morgan fingerprint density at radius 3 is 2.56 bits per heavy atom. The molecule has 8 nitrogen and oxygen atoms in total. The lowest BCUT2D eigenvalue weighted by atomic mass is 9.97. The van der Waals surface area contributed by atoms with Crippen molar-refractivity contribution in [3.05, 3.63) is 51.4 Å². The molecular weight excluding hydrogens is 477 g/mol. The molecule has 2 atom stereocenters. The third kappa shape index (κ3) is 5.80. The van der Waals surface area contributed by atoms with Crippen molar-refractivity contribution < 1.29 is 15.0 Å². The maximum atomic E-state index is 13.2. The second kappa shape index (κ2) is 11.2. The first-order valence-corrected chi connectivity index (χ1v) is 12.5. The van der Waals surface area contributed by atoms with Crippen molar-refractivity contribution in [2.45, 2.75) is 50.9 Å². The number of anilines is 1. The van der Waals surface area contributed by atoms with Gasteiger partial charge < -0.3 is 20.4 Å². The molecule has 2 aromatic rings. The quantitative estimate of drug-likeness (QED) is 0.552. The van der Waals surface area contributed by atoms with Crippen molar-refractivity contribution in [2.24, 2.45) is 0 Å². The predicted molar refractivity (Wildman–Crippen MR) is 133 cm³/mol. The number of aromatic nitrogens is 2. The van der Waals surface area contributed by atoms with Crippen LogP contribution in [0.3, 0.4) is 0 Å². The van der Waals surface area contributed by atoms with E-state index in [0.29, 0.717) is 60.2 Å². The Hall–Kier alpha value is -1.97. The number of rotatable bonds is 6. The third-order valence-electron chi connectivity index (χ3n) is 6.82. The lowest BCUT2D eigenvalue weighted by Gasteiger charge is -2.42. The van der Waals surface area contributed by atoms with Crippen LogP contribution in [0.15, 0.2) is 24.5 Å². The predicted octanol–water partition coefficient (Wildman–Crippen LogP) is 2.78. The van der Waals surface area contributed by atoms with Gasteiger partial charge in [0.1, 0.15) is 17.8 Å². The Kier molecular flexibility index (Phi) is 8.26. The van der Waals surface area contributed by atoms with E-state index in [1.54, 1.807) is 6.07 Å². The van der Waals surface area contributed by atoms with Crippen LogP contribution in [-0.4, -0.2) is 86.9 Å². The van der Waals surface area contributed by atoms with E-state index >= 15 is 0 Å². The maximum absolute atomic E-state index is 13.2. The number of hydrogen-bond donors (Lipinski definition) is 3. The monoisotopic (exact) mass is 507 g/mol. The molecule has 0 aliphatic carbocycles. The highest BCUT2D eigenvalue weighted by atomic mass is 35.5. The molecule has 2 aliphatic heterocycles. The summed E-state index contributed by atoms with van der Waals surface area (Å²) < 4.78 is 0. The Labute approximate surface area is 209 Å². The van der Waals surface area contributed by atoms with Gasteiger partial charge in [-0.25, -0.2) is 9.97 Å². The minimum absolute atomic E-state index is 0.0833. The van der Waals surface area contributed by atoms with Gasteiger partial charge in [-0.1, -0.05) is 29.3 Å². The van der Waals surface area contributed by atoms with E-state index in [2.05, 4.69) is 20.2 Å². The molecule has 0 saturated carbocycles. The summed E-state index contributed by atoms with van der Waals surface area (Å²) in [6.45, 7) is 5.04. The number of carbonyl (C=O) groups excluding carboxylic acids is 1. The lowest BCUT2D eigenvalue weighted by Crippen LogP contribution is -2.54. The van der Waals surface area contributed by atoms with Crippen LogP contribution in [-0.2, 0) is 6.42 Å². The number of carbonyl (C=O) groups is 1. The van der Waals surface area contributed by atoms with Crippen molar-refractivity contribution >= 4 is 34.9 Å². The van der Waals surface area contributed by atoms with E-state index in [-0.39, 0.29) is 5.91 Å². The zero-order valence-corrected chi connectivity index (χ0v) is 20.8. The average molecular weight is 508 g/mol. The molecule has 10 heteroatoms. The van der Waals surface area contributed by atoms with E-state index in [0.717, 1.165) is 36.9 Å². The average Bonchev–Trinajstić information content (AvgIpc) is 2.84. The number of aliphatic hydroxyl groups is 2. The molecule has 2 saturated heterocycles. The van der Waals surface area contributed by atoms with E-state index in [1.807, 2.05) is 24.0 Å². The molecule has 2 fully saturated rings. The fraction of sp³-hybridized carbons (Fsp3) is 0.542. The number of benzene rings is 1. The number of amides is 1. The SMILES string of the molecule is Cc1c(NCCc2ccc(Cl)c(Cl)c2)ncnc1C(=O)N1CCC(N2CCC(O)C(O)C2)CC1. The highest BCUT2D eigenvalue weighted by Gasteiger charge is 2.33. The van der Waals surface area contributed by atoms with Crippen LogP contribution in [0.5, 0.6) is 0 Å². The minimum atomic E-state index is -0.695. The summed E-state index contributed by atoms with van der Waals surface area (Å²) in [5.74, 6) is 0.564. The number of likely N-dealkylation sites (tertiary alicyclic amines) is 2. The fourth-order valence-corrected chi connectivity index (χ4v) is 5.04. The smallest absolute Gasteiger partial charge is 0.272 e. The first-order chi connectivity index (χ1) is 16.3. The van der Waals surface area contributed by atoms with Gasteiger partial charge in [0, 0.05) is 44.3 Å². The van der Waals surface area contributed by atoms with Crippen LogP contribution in [0.25, 0.3) is 0 Å². The van der Waals surface area contributed by atoms with Crippen molar-refractivity contribution in [1.82, 2.24) is 19.8 Å². The first-order valence-electron chi connectivity index (χ1n) is 11.7. The van der Waals surface area contributed by atoms with Crippen molar-refractivity contribution in [3.8, 4) is 0 Å². The van der Waals surface area contributed by atoms with Gasteiger partial charge in [0.25, 0.3) is 5.91 Å². The Morgan fingerprint density at radius 2 is 1.85 bits per heavy atom. The molecule has 0 radical (unpaired) electrons. The highest BCUT2D eigenvalue weighted by molar-refractivity contribution is 6.42. The molecule has 1 aromatic carbocycles. The molecule has 4 rings (SSSR count). The molecule has 2 unspecified atom stereocenters. The molecule has 1 amide bonds. The van der Waals surface area contributed by atoms with Crippen molar-refractivity contribution in [2.75, 3.05) is 38.0 Å². The second-order valence-corrected chi connectivity index (χ2v) is 9.88. The summed E-state index contributed by atoms with van der Waals surface area (Å²) in [6.07, 6.45) is 3.10. The van der Waals surface area contributed by atoms with Gasteiger partial charge in [-0.2, -0.15) is 0 Å². The largest absolute Gasteiger partial charge is 0.390 e. The van der Waals surface area contributed by atoms with Crippen LogP contribution in [0.2, 0.25) is 10.0 Å². The topological polar surface area (TPSA) is 102 Å². The first kappa shape index (κ1) is 25.1. The van der Waals surface area contributed by atoms with Crippen LogP contribution in [0, 0.1) is 6.92 Å². The summed E-state index contributed by atoms with van der Waals surface area (Å²) in [7, 11) is 0. The van der Waals surface area contributed by atoms with Gasteiger partial charge in [-0.15, -0.1) is 0 Å². The summed E-state index contributed by atoms with van der Waals surface area (Å²) in [5.41, 5.74) is 2.21. The number of hydrogen-bond acceptors (Lipinski definition) is 7. The lowest BCUT2D eigenvalue weighted by molar-refractivity contribution is -0.0548. The second-order valence-electron chi connectivity index (χ2n) is 9.06. The molecule has 3 heterocycles. The molecular formula is C24H31Cl2N5O3. The number of nitrogens with zero attached hydrogens (tertiary/aromatic N) is 4. The molecule has 1 aromatic heterocycles. The van der Waals surface area contributed by atoms with E-state index in [4.69, 9.17) is 23.2 Å². The Morgan fingerprint density at radius 1 is 1.09 bits per heavy atom. The fourth-order valence-electron chi connectivity index (χ4n) is 4.72. The number of halogens is 2. The molecule has 3 N–H and O–H groups in total. The van der Waals surface area contributed by atoms with Crippen LogP contribution in [0.4, 0.5) is 5.82 Å². The van der Waals surface area contributed by atoms with Crippen molar-refractivity contribution in [3.63, 3.8) is 0 Å². The number of aliphatic hydroxyl groups excluding tert-OH is 2. The number of β-amino-alcohol motifs (C(OH)–C–C–N with tert-alkyl or cyclic N) is 1. The summed E-state index contributed by atoms with van der Waals surface area (Å²) in [4.78, 5) is 25.9. The Bertz CT molecular complexity index is 1020. The van der Waals surface area contributed by atoms with E-state index < -0.39 is 12.2 Å². The van der Waals surface area contributed by atoms with Gasteiger partial charge >= 0.3 is 0 Å². The van der Waals surface area contributed by atoms with Gasteiger partial charge in [-0.05, 0) is 50.3 Å². The molecule has 34 heavy (non-hydrogen) atoms. The maximum Gasteiger partial charge on any atom is 0.272 e. The highest BCUT2D eigenvalue weighted by Crippen LogP contribution is 2.25. The van der Waals surface area contributed by atoms with Crippen LogP contribution in [0.1, 0.15) is 40.9 Å². The number of piperidine rings is 2. The summed E-state index contributed by atoms with van der Waals surface area (Å²) in [5, 5.41) is 24.1. The zero-order valence-electron chi connectivity index (χ0n) is 19.3. The van der Waals surface area contributed by atoms with Crippen molar-refractivity contribution in [1.29, 1.82) is 0 Å². The zero-order chi connectivity index (χ0) is 24.2. The normalized spacial score (nSPS) is 22.1. The molecule has 0 bridgehead atoms. The van der Waals surface area contributed by atoms with Gasteiger partial charge in [0.2, 0.25) is 0 Å². The minimum Gasteiger partial charge on any atom is -0.390 e. The molecule has 2 aliphatic rings. The van der Waals surface area contributed by atoms with E-state index in [9.17, 15) is 15.0 Å².